The Balaban J connectivity index is 0.000000158. The molecule has 2 aliphatic rings. The van der Waals surface area contributed by atoms with Crippen molar-refractivity contribution in [1.82, 2.24) is 14.5 Å². The maximum absolute atomic E-state index is 6.04. The van der Waals surface area contributed by atoms with Crippen molar-refractivity contribution in [3.05, 3.63) is 90.6 Å². The number of alkyl halides is 1. The minimum absolute atomic E-state index is 0.325. The van der Waals surface area contributed by atoms with Crippen LogP contribution in [0.4, 0.5) is 0 Å². The van der Waals surface area contributed by atoms with Crippen LogP contribution in [0.5, 0.6) is 0 Å². The van der Waals surface area contributed by atoms with Crippen molar-refractivity contribution in [3.63, 3.8) is 0 Å². The van der Waals surface area contributed by atoms with Gasteiger partial charge in [0.25, 0.3) is 0 Å². The zero-order chi connectivity index (χ0) is 22.2. The van der Waals surface area contributed by atoms with E-state index < -0.39 is 0 Å². The summed E-state index contributed by atoms with van der Waals surface area (Å²) < 4.78 is 2.36. The van der Waals surface area contributed by atoms with Crippen molar-refractivity contribution in [2.45, 2.75) is 17.6 Å². The van der Waals surface area contributed by atoms with Crippen LogP contribution in [0.1, 0.15) is 12.8 Å². The van der Waals surface area contributed by atoms with Gasteiger partial charge in [0.2, 0.25) is 0 Å². The quantitative estimate of drug-likeness (QED) is 0.313. The van der Waals surface area contributed by atoms with Gasteiger partial charge in [-0.2, -0.15) is 0 Å². The number of thioether (sulfide) groups is 1. The standard InChI is InChI=1S/C14H12N2.C8H12ClNS.C4H6/c1-16-8-7-12-9-13(10-15-14(12)16)11-5-3-2-4-6-11;1-10-3-2-6-4-8(9)11-7(6)5-10;1-3-4-2/h2-10H,1H3;8H,2-5H2,1H3;3-4H,1-2H2. The van der Waals surface area contributed by atoms with Crippen molar-refractivity contribution in [2.75, 3.05) is 20.1 Å². The van der Waals surface area contributed by atoms with Crippen LogP contribution >= 0.6 is 23.4 Å². The van der Waals surface area contributed by atoms with Crippen molar-refractivity contribution >= 4 is 34.4 Å². The van der Waals surface area contributed by atoms with Crippen LogP contribution < -0.4 is 0 Å². The Morgan fingerprint density at radius 1 is 1.10 bits per heavy atom. The zero-order valence-corrected chi connectivity index (χ0v) is 19.9. The molecule has 1 atom stereocenters. The Morgan fingerprint density at radius 3 is 2.55 bits per heavy atom. The fraction of sp³-hybridized carbons (Fsp3) is 0.269. The molecule has 0 bridgehead atoms. The van der Waals surface area contributed by atoms with Gasteiger partial charge in [-0.05, 0) is 42.5 Å². The summed E-state index contributed by atoms with van der Waals surface area (Å²) in [5, 5.41) is 1.18. The number of hydrogen-bond acceptors (Lipinski definition) is 3. The van der Waals surface area contributed by atoms with E-state index in [1.54, 1.807) is 22.6 Å². The predicted octanol–water partition coefficient (Wildman–Crippen LogP) is 6.88. The van der Waals surface area contributed by atoms with Crippen molar-refractivity contribution in [2.24, 2.45) is 7.05 Å². The molecule has 5 rings (SSSR count). The van der Waals surface area contributed by atoms with Crippen LogP contribution in [0, 0.1) is 0 Å². The topological polar surface area (TPSA) is 21.1 Å². The van der Waals surface area contributed by atoms with E-state index in [4.69, 9.17) is 11.6 Å². The third-order valence-corrected chi connectivity index (χ3v) is 6.81. The number of hydrogen-bond donors (Lipinski definition) is 0. The summed E-state index contributed by atoms with van der Waals surface area (Å²) in [6.45, 7) is 9.06. The summed E-state index contributed by atoms with van der Waals surface area (Å²) in [4.78, 5) is 8.38. The molecule has 0 fully saturated rings. The number of nitrogens with zero attached hydrogens (tertiary/aromatic N) is 3. The lowest BCUT2D eigenvalue weighted by Crippen LogP contribution is -2.25. The summed E-state index contributed by atoms with van der Waals surface area (Å²) in [6, 6.07) is 14.6. The Labute approximate surface area is 195 Å². The maximum Gasteiger partial charge on any atom is 0.139 e. The molecular weight excluding hydrogens is 422 g/mol. The van der Waals surface area contributed by atoms with Crippen LogP contribution in [-0.2, 0) is 7.05 Å². The molecule has 2 aromatic heterocycles. The van der Waals surface area contributed by atoms with Gasteiger partial charge >= 0.3 is 0 Å². The Hall–Kier alpha value is -2.27. The van der Waals surface area contributed by atoms with Gasteiger partial charge in [-0.15, -0.1) is 23.4 Å². The molecule has 0 saturated carbocycles. The highest BCUT2D eigenvalue weighted by Gasteiger charge is 2.26. The van der Waals surface area contributed by atoms with Crippen LogP contribution in [0.15, 0.2) is 90.6 Å². The normalized spacial score (nSPS) is 17.8. The van der Waals surface area contributed by atoms with Gasteiger partial charge in [-0.3, -0.25) is 0 Å². The second kappa shape index (κ2) is 11.4. The van der Waals surface area contributed by atoms with Crippen LogP contribution in [0.2, 0.25) is 0 Å². The van der Waals surface area contributed by atoms with E-state index in [1.807, 2.05) is 54.0 Å². The number of fused-ring (bicyclic) bond motifs is 1. The van der Waals surface area contributed by atoms with Gasteiger partial charge in [0.05, 0.1) is 4.71 Å². The minimum Gasteiger partial charge on any atom is -0.336 e. The summed E-state index contributed by atoms with van der Waals surface area (Å²) in [5.41, 5.74) is 5.02. The van der Waals surface area contributed by atoms with E-state index in [-0.39, 0.29) is 0 Å². The Morgan fingerprint density at radius 2 is 1.84 bits per heavy atom. The smallest absolute Gasteiger partial charge is 0.139 e. The highest BCUT2D eigenvalue weighted by atomic mass is 35.5. The molecule has 0 radical (unpaired) electrons. The average molecular weight is 452 g/mol. The second-order valence-electron chi connectivity index (χ2n) is 7.65. The first-order valence-electron chi connectivity index (χ1n) is 10.4. The van der Waals surface area contributed by atoms with Crippen molar-refractivity contribution < 1.29 is 0 Å². The van der Waals surface area contributed by atoms with Crippen LogP contribution in [0.25, 0.3) is 22.2 Å². The van der Waals surface area contributed by atoms with Crippen LogP contribution in [-0.4, -0.2) is 39.3 Å². The Kier molecular flexibility index (Phi) is 8.59. The molecule has 0 amide bonds. The maximum atomic E-state index is 6.04. The first kappa shape index (κ1) is 23.4. The molecule has 3 aromatic rings. The molecular formula is C26H30ClN3S. The summed E-state index contributed by atoms with van der Waals surface area (Å²) in [7, 11) is 4.18. The number of benzene rings is 1. The zero-order valence-electron chi connectivity index (χ0n) is 18.3. The van der Waals surface area contributed by atoms with E-state index in [1.165, 1.54) is 29.5 Å². The van der Waals surface area contributed by atoms with Gasteiger partial charge in [0.15, 0.2) is 0 Å². The summed E-state index contributed by atoms with van der Waals surface area (Å²) >= 11 is 7.89. The first-order valence-corrected chi connectivity index (χ1v) is 11.7. The lowest BCUT2D eigenvalue weighted by Gasteiger charge is -2.23. The number of aromatic nitrogens is 2. The molecule has 0 aliphatic carbocycles. The number of allylic oxidation sites excluding steroid dienone is 2. The molecule has 0 saturated heterocycles. The highest BCUT2D eigenvalue weighted by molar-refractivity contribution is 8.05. The second-order valence-corrected chi connectivity index (χ2v) is 9.73. The number of pyridine rings is 1. The molecule has 0 N–H and O–H groups in total. The molecule has 3 nitrogen and oxygen atoms in total. The average Bonchev–Trinajstić information content (AvgIpc) is 3.35. The van der Waals surface area contributed by atoms with Gasteiger partial charge in [-0.1, -0.05) is 61.2 Å². The number of aryl methyl sites for hydroxylation is 1. The SMILES string of the molecule is C=CC=C.CN1CCC2=C(C1)SC(Cl)C2.Cn1ccc2cc(-c3ccccc3)cnc21. The lowest BCUT2D eigenvalue weighted by atomic mass is 10.1. The molecule has 4 heterocycles. The summed E-state index contributed by atoms with van der Waals surface area (Å²) in [5.74, 6) is 0. The van der Waals surface area contributed by atoms with E-state index in [2.05, 4.69) is 54.4 Å². The van der Waals surface area contributed by atoms with E-state index in [9.17, 15) is 0 Å². The Bertz CT molecular complexity index is 1050. The van der Waals surface area contributed by atoms with Crippen molar-refractivity contribution in [1.29, 1.82) is 0 Å². The van der Waals surface area contributed by atoms with Crippen molar-refractivity contribution in [3.8, 4) is 11.1 Å². The summed E-state index contributed by atoms with van der Waals surface area (Å²) in [6.07, 6.45) is 9.60. The fourth-order valence-corrected chi connectivity index (χ4v) is 5.32. The number of rotatable bonds is 2. The lowest BCUT2D eigenvalue weighted by molar-refractivity contribution is 0.355. The molecule has 0 spiro atoms. The molecule has 2 aliphatic heterocycles. The number of halogens is 1. The largest absolute Gasteiger partial charge is 0.336 e. The minimum atomic E-state index is 0.325. The first-order chi connectivity index (χ1) is 15.0. The van der Waals surface area contributed by atoms with Gasteiger partial charge in [0, 0.05) is 43.5 Å². The number of likely N-dealkylation sites (N-methyl/N-ethyl adjacent to an activating group) is 1. The molecule has 1 unspecified atom stereocenters. The van der Waals surface area contributed by atoms with Gasteiger partial charge < -0.3 is 9.47 Å². The van der Waals surface area contributed by atoms with Crippen LogP contribution in [0.3, 0.4) is 0 Å². The van der Waals surface area contributed by atoms with Gasteiger partial charge in [0.1, 0.15) is 5.65 Å². The molecule has 5 heteroatoms. The van der Waals surface area contributed by atoms with E-state index in [0.29, 0.717) is 4.71 Å². The fourth-order valence-electron chi connectivity index (χ4n) is 3.57. The third kappa shape index (κ3) is 6.36. The molecule has 1 aromatic carbocycles. The van der Waals surface area contributed by atoms with E-state index >= 15 is 0 Å². The predicted molar refractivity (Wildman–Crippen MR) is 138 cm³/mol. The molecule has 31 heavy (non-hydrogen) atoms. The molecule has 162 valence electrons. The monoisotopic (exact) mass is 451 g/mol. The third-order valence-electron chi connectivity index (χ3n) is 5.26. The van der Waals surface area contributed by atoms with Gasteiger partial charge in [-0.25, -0.2) is 4.98 Å². The van der Waals surface area contributed by atoms with E-state index in [0.717, 1.165) is 18.6 Å². The highest BCUT2D eigenvalue weighted by Crippen LogP contribution is 2.43.